The first-order valence-electron chi connectivity index (χ1n) is 7.35. The van der Waals surface area contributed by atoms with E-state index in [2.05, 4.69) is 5.32 Å². The van der Waals surface area contributed by atoms with Gasteiger partial charge < -0.3 is 15.0 Å². The Hall–Kier alpha value is -0.610. The SMILES string of the molecule is CN(C(=O)CCC1CCCCO1)C1CCNCC1. The van der Waals surface area contributed by atoms with Gasteiger partial charge in [0.1, 0.15) is 0 Å². The van der Waals surface area contributed by atoms with E-state index in [9.17, 15) is 4.79 Å². The number of carbonyl (C=O) groups excluding carboxylic acids is 1. The van der Waals surface area contributed by atoms with E-state index in [1.807, 2.05) is 11.9 Å². The first-order valence-corrected chi connectivity index (χ1v) is 7.35. The molecule has 0 bridgehead atoms. The van der Waals surface area contributed by atoms with Crippen molar-refractivity contribution in [2.75, 3.05) is 26.7 Å². The van der Waals surface area contributed by atoms with Crippen LogP contribution in [0.5, 0.6) is 0 Å². The maximum absolute atomic E-state index is 12.1. The van der Waals surface area contributed by atoms with Gasteiger partial charge in [0.15, 0.2) is 0 Å². The first kappa shape index (κ1) is 13.8. The fourth-order valence-corrected chi connectivity index (χ4v) is 2.89. The molecule has 1 unspecified atom stereocenters. The summed E-state index contributed by atoms with van der Waals surface area (Å²) in [5, 5.41) is 3.33. The number of rotatable bonds is 4. The smallest absolute Gasteiger partial charge is 0.222 e. The Balaban J connectivity index is 1.69. The summed E-state index contributed by atoms with van der Waals surface area (Å²) in [5.41, 5.74) is 0. The molecule has 2 fully saturated rings. The van der Waals surface area contributed by atoms with Crippen molar-refractivity contribution in [2.24, 2.45) is 0 Å². The number of nitrogens with one attached hydrogen (secondary N) is 1. The molecule has 4 heteroatoms. The van der Waals surface area contributed by atoms with Crippen LogP contribution in [0, 0.1) is 0 Å². The van der Waals surface area contributed by atoms with Gasteiger partial charge in [0.25, 0.3) is 0 Å². The van der Waals surface area contributed by atoms with E-state index in [1.165, 1.54) is 12.8 Å². The van der Waals surface area contributed by atoms with Crippen molar-refractivity contribution >= 4 is 5.91 Å². The standard InChI is InChI=1S/C14H26N2O2/c1-16(12-7-9-15-10-8-12)14(17)6-5-13-4-2-3-11-18-13/h12-13,15H,2-11H2,1H3. The lowest BCUT2D eigenvalue weighted by molar-refractivity contribution is -0.133. The molecular formula is C14H26N2O2. The zero-order chi connectivity index (χ0) is 12.8. The van der Waals surface area contributed by atoms with Crippen LogP contribution in [-0.4, -0.2) is 49.7 Å². The van der Waals surface area contributed by atoms with Gasteiger partial charge in [0.2, 0.25) is 5.91 Å². The Labute approximate surface area is 110 Å². The number of carbonyl (C=O) groups is 1. The second-order valence-corrected chi connectivity index (χ2v) is 5.51. The van der Waals surface area contributed by atoms with Gasteiger partial charge in [-0.25, -0.2) is 0 Å². The highest BCUT2D eigenvalue weighted by Gasteiger charge is 2.23. The zero-order valence-electron chi connectivity index (χ0n) is 11.5. The molecule has 2 aliphatic heterocycles. The lowest BCUT2D eigenvalue weighted by atomic mass is 10.0. The molecule has 1 N–H and O–H groups in total. The summed E-state index contributed by atoms with van der Waals surface area (Å²) in [7, 11) is 1.96. The Morgan fingerprint density at radius 1 is 1.28 bits per heavy atom. The molecule has 2 heterocycles. The van der Waals surface area contributed by atoms with Crippen LogP contribution >= 0.6 is 0 Å². The Morgan fingerprint density at radius 3 is 2.72 bits per heavy atom. The zero-order valence-corrected chi connectivity index (χ0v) is 11.5. The third-order valence-electron chi connectivity index (χ3n) is 4.20. The molecular weight excluding hydrogens is 228 g/mol. The molecule has 1 atom stereocenters. The number of piperidine rings is 1. The van der Waals surface area contributed by atoms with E-state index in [4.69, 9.17) is 4.74 Å². The van der Waals surface area contributed by atoms with Crippen molar-refractivity contribution in [1.82, 2.24) is 10.2 Å². The minimum atomic E-state index is 0.288. The average molecular weight is 254 g/mol. The van der Waals surface area contributed by atoms with Gasteiger partial charge in [0, 0.05) is 26.1 Å². The second kappa shape index (κ2) is 7.10. The number of hydrogen-bond acceptors (Lipinski definition) is 3. The summed E-state index contributed by atoms with van der Waals surface area (Å²) in [6, 6.07) is 0.436. The molecule has 0 saturated carbocycles. The largest absolute Gasteiger partial charge is 0.378 e. The number of ether oxygens (including phenoxy) is 1. The van der Waals surface area contributed by atoms with Crippen LogP contribution < -0.4 is 5.32 Å². The molecule has 4 nitrogen and oxygen atoms in total. The van der Waals surface area contributed by atoms with E-state index in [1.54, 1.807) is 0 Å². The van der Waals surface area contributed by atoms with Gasteiger partial charge in [-0.15, -0.1) is 0 Å². The third-order valence-corrected chi connectivity index (χ3v) is 4.20. The highest BCUT2D eigenvalue weighted by molar-refractivity contribution is 5.76. The predicted molar refractivity (Wildman–Crippen MR) is 71.5 cm³/mol. The van der Waals surface area contributed by atoms with E-state index < -0.39 is 0 Å². The molecule has 2 saturated heterocycles. The molecule has 0 radical (unpaired) electrons. The first-order chi connectivity index (χ1) is 8.77. The Morgan fingerprint density at radius 2 is 2.06 bits per heavy atom. The summed E-state index contributed by atoms with van der Waals surface area (Å²) in [6.45, 7) is 2.95. The fourth-order valence-electron chi connectivity index (χ4n) is 2.89. The van der Waals surface area contributed by atoms with Gasteiger partial charge >= 0.3 is 0 Å². The van der Waals surface area contributed by atoms with Crippen LogP contribution in [0.3, 0.4) is 0 Å². The van der Waals surface area contributed by atoms with E-state index in [-0.39, 0.29) is 5.91 Å². The van der Waals surface area contributed by atoms with Crippen LogP contribution in [0.2, 0.25) is 0 Å². The predicted octanol–water partition coefficient (Wildman–Crippen LogP) is 1.55. The molecule has 0 aromatic carbocycles. The van der Waals surface area contributed by atoms with Crippen molar-refractivity contribution in [1.29, 1.82) is 0 Å². The topological polar surface area (TPSA) is 41.6 Å². The highest BCUT2D eigenvalue weighted by atomic mass is 16.5. The molecule has 1 amide bonds. The van der Waals surface area contributed by atoms with Crippen LogP contribution in [-0.2, 0) is 9.53 Å². The average Bonchev–Trinajstić information content (AvgIpc) is 2.46. The molecule has 2 rings (SSSR count). The van der Waals surface area contributed by atoms with Crippen molar-refractivity contribution in [3.8, 4) is 0 Å². The Bertz CT molecular complexity index is 259. The summed E-state index contributed by atoms with van der Waals surface area (Å²) in [4.78, 5) is 14.1. The van der Waals surface area contributed by atoms with Crippen LogP contribution in [0.25, 0.3) is 0 Å². The van der Waals surface area contributed by atoms with Gasteiger partial charge in [-0.3, -0.25) is 4.79 Å². The van der Waals surface area contributed by atoms with E-state index in [0.29, 0.717) is 18.6 Å². The molecule has 0 spiro atoms. The van der Waals surface area contributed by atoms with Gasteiger partial charge in [-0.2, -0.15) is 0 Å². The van der Waals surface area contributed by atoms with Gasteiger partial charge in [0.05, 0.1) is 6.10 Å². The highest BCUT2D eigenvalue weighted by Crippen LogP contribution is 2.18. The number of amides is 1. The molecule has 0 aromatic rings. The minimum Gasteiger partial charge on any atom is -0.378 e. The summed E-state index contributed by atoms with van der Waals surface area (Å²) >= 11 is 0. The number of hydrogen-bond donors (Lipinski definition) is 1. The second-order valence-electron chi connectivity index (χ2n) is 5.51. The summed E-state index contributed by atoms with van der Waals surface area (Å²) in [6.07, 6.45) is 7.60. The van der Waals surface area contributed by atoms with Crippen molar-refractivity contribution in [3.05, 3.63) is 0 Å². The summed E-state index contributed by atoms with van der Waals surface area (Å²) in [5.74, 6) is 0.288. The van der Waals surface area contributed by atoms with Gasteiger partial charge in [-0.05, 0) is 51.6 Å². The van der Waals surface area contributed by atoms with Crippen molar-refractivity contribution in [2.45, 2.75) is 57.1 Å². The normalized spacial score (nSPS) is 25.9. The maximum Gasteiger partial charge on any atom is 0.222 e. The minimum absolute atomic E-state index is 0.288. The monoisotopic (exact) mass is 254 g/mol. The van der Waals surface area contributed by atoms with Crippen LogP contribution in [0.4, 0.5) is 0 Å². The molecule has 104 valence electrons. The van der Waals surface area contributed by atoms with E-state index in [0.717, 1.165) is 45.4 Å². The molecule has 0 aliphatic carbocycles. The summed E-state index contributed by atoms with van der Waals surface area (Å²) < 4.78 is 5.67. The van der Waals surface area contributed by atoms with Crippen LogP contribution in [0.15, 0.2) is 0 Å². The fraction of sp³-hybridized carbons (Fsp3) is 0.929. The lowest BCUT2D eigenvalue weighted by Gasteiger charge is -2.32. The maximum atomic E-state index is 12.1. The van der Waals surface area contributed by atoms with Crippen molar-refractivity contribution in [3.63, 3.8) is 0 Å². The van der Waals surface area contributed by atoms with Crippen molar-refractivity contribution < 1.29 is 9.53 Å². The molecule has 0 aromatic heterocycles. The molecule has 2 aliphatic rings. The lowest BCUT2D eigenvalue weighted by Crippen LogP contribution is -2.44. The third kappa shape index (κ3) is 3.95. The van der Waals surface area contributed by atoms with Gasteiger partial charge in [-0.1, -0.05) is 0 Å². The van der Waals surface area contributed by atoms with E-state index >= 15 is 0 Å². The van der Waals surface area contributed by atoms with Crippen LogP contribution in [0.1, 0.15) is 44.9 Å². The quantitative estimate of drug-likeness (QED) is 0.827. The Kier molecular flexibility index (Phi) is 5.45. The molecule has 18 heavy (non-hydrogen) atoms. The number of nitrogens with zero attached hydrogens (tertiary/aromatic N) is 1.